The quantitative estimate of drug-likeness (QED) is 0.847. The molecule has 0 aliphatic heterocycles. The molecule has 21 heavy (non-hydrogen) atoms. The number of nitrogens with zero attached hydrogens (tertiary/aromatic N) is 1. The van der Waals surface area contributed by atoms with Crippen LogP contribution in [-0.2, 0) is 13.6 Å². The number of nitrogens with one attached hydrogen (secondary N) is 1. The van der Waals surface area contributed by atoms with Crippen LogP contribution < -0.4 is 5.32 Å². The molecule has 1 aliphatic rings. The molecule has 0 spiro atoms. The highest BCUT2D eigenvalue weighted by Crippen LogP contribution is 2.28. The van der Waals surface area contributed by atoms with E-state index < -0.39 is 0 Å². The van der Waals surface area contributed by atoms with Gasteiger partial charge in [0.2, 0.25) is 0 Å². The van der Waals surface area contributed by atoms with Crippen LogP contribution in [0.3, 0.4) is 0 Å². The standard InChI is InChI=1S/C19H28N2/c1-3-6-15-9-11-17(12-10-15)20-13-16-14-21(2)19-8-5-4-7-18(16)19/h4-5,7-8,14-15,17,20H,3,6,9-13H2,1-2H3. The van der Waals surface area contributed by atoms with Crippen molar-refractivity contribution in [3.8, 4) is 0 Å². The minimum absolute atomic E-state index is 0.720. The van der Waals surface area contributed by atoms with Crippen molar-refractivity contribution in [2.75, 3.05) is 0 Å². The Kier molecular flexibility index (Phi) is 4.64. The molecular weight excluding hydrogens is 256 g/mol. The molecule has 0 unspecified atom stereocenters. The second-order valence-electron chi connectivity index (χ2n) is 6.67. The smallest absolute Gasteiger partial charge is 0.0481 e. The van der Waals surface area contributed by atoms with Gasteiger partial charge in [-0.1, -0.05) is 38.0 Å². The summed E-state index contributed by atoms with van der Waals surface area (Å²) < 4.78 is 2.24. The van der Waals surface area contributed by atoms with Gasteiger partial charge >= 0.3 is 0 Å². The Morgan fingerprint density at radius 3 is 2.67 bits per heavy atom. The Morgan fingerprint density at radius 1 is 1.14 bits per heavy atom. The summed E-state index contributed by atoms with van der Waals surface area (Å²) in [6, 6.07) is 9.42. The molecule has 0 bridgehead atoms. The molecule has 3 rings (SSSR count). The van der Waals surface area contributed by atoms with Crippen LogP contribution in [0.1, 0.15) is 51.0 Å². The maximum Gasteiger partial charge on any atom is 0.0481 e. The van der Waals surface area contributed by atoms with Gasteiger partial charge in [-0.2, -0.15) is 0 Å². The summed E-state index contributed by atoms with van der Waals surface area (Å²) in [7, 11) is 2.14. The predicted molar refractivity (Wildman–Crippen MR) is 90.4 cm³/mol. The molecule has 0 amide bonds. The molecule has 1 fully saturated rings. The molecule has 1 saturated carbocycles. The zero-order valence-electron chi connectivity index (χ0n) is 13.4. The van der Waals surface area contributed by atoms with E-state index in [4.69, 9.17) is 0 Å². The molecule has 1 N–H and O–H groups in total. The molecule has 2 aromatic rings. The van der Waals surface area contributed by atoms with Gasteiger partial charge in [-0.05, 0) is 43.2 Å². The maximum atomic E-state index is 3.79. The number of hydrogen-bond acceptors (Lipinski definition) is 1. The van der Waals surface area contributed by atoms with Crippen LogP contribution in [-0.4, -0.2) is 10.6 Å². The SMILES string of the molecule is CCCC1CCC(NCc2cn(C)c3ccccc23)CC1. The maximum absolute atomic E-state index is 3.79. The molecule has 1 aromatic heterocycles. The van der Waals surface area contributed by atoms with E-state index in [-0.39, 0.29) is 0 Å². The van der Waals surface area contributed by atoms with Gasteiger partial charge in [-0.3, -0.25) is 0 Å². The van der Waals surface area contributed by atoms with E-state index in [0.29, 0.717) is 0 Å². The van der Waals surface area contributed by atoms with Crippen molar-refractivity contribution in [2.45, 2.75) is 58.0 Å². The van der Waals surface area contributed by atoms with Crippen molar-refractivity contribution in [1.82, 2.24) is 9.88 Å². The first-order chi connectivity index (χ1) is 10.3. The van der Waals surface area contributed by atoms with Crippen LogP contribution in [0.4, 0.5) is 0 Å². The van der Waals surface area contributed by atoms with Crippen LogP contribution in [0, 0.1) is 5.92 Å². The Morgan fingerprint density at radius 2 is 1.90 bits per heavy atom. The molecule has 0 saturated heterocycles. The van der Waals surface area contributed by atoms with Crippen molar-refractivity contribution in [3.63, 3.8) is 0 Å². The lowest BCUT2D eigenvalue weighted by molar-refractivity contribution is 0.278. The van der Waals surface area contributed by atoms with E-state index in [2.05, 4.69) is 54.3 Å². The summed E-state index contributed by atoms with van der Waals surface area (Å²) >= 11 is 0. The number of hydrogen-bond donors (Lipinski definition) is 1. The summed E-state index contributed by atoms with van der Waals surface area (Å²) in [5.41, 5.74) is 2.77. The zero-order chi connectivity index (χ0) is 14.7. The summed E-state index contributed by atoms with van der Waals surface area (Å²) in [5, 5.41) is 5.19. The lowest BCUT2D eigenvalue weighted by atomic mass is 9.83. The number of aromatic nitrogens is 1. The van der Waals surface area contributed by atoms with Crippen LogP contribution in [0.5, 0.6) is 0 Å². The first-order valence-corrected chi connectivity index (χ1v) is 8.54. The number of aryl methyl sites for hydroxylation is 1. The Bertz CT molecular complexity index is 576. The normalized spacial score (nSPS) is 22.8. The summed E-state index contributed by atoms with van der Waals surface area (Å²) in [6.45, 7) is 3.31. The number of fused-ring (bicyclic) bond motifs is 1. The summed E-state index contributed by atoms with van der Waals surface area (Å²) in [4.78, 5) is 0. The van der Waals surface area contributed by atoms with Gasteiger partial charge in [0.25, 0.3) is 0 Å². The fraction of sp³-hybridized carbons (Fsp3) is 0.579. The van der Waals surface area contributed by atoms with E-state index in [9.17, 15) is 0 Å². The third-order valence-corrected chi connectivity index (χ3v) is 5.10. The fourth-order valence-electron chi connectivity index (χ4n) is 3.88. The largest absolute Gasteiger partial charge is 0.350 e. The molecule has 0 atom stereocenters. The van der Waals surface area contributed by atoms with Crippen LogP contribution in [0.15, 0.2) is 30.5 Å². The monoisotopic (exact) mass is 284 g/mol. The van der Waals surface area contributed by atoms with Gasteiger partial charge in [0, 0.05) is 36.7 Å². The third kappa shape index (κ3) is 3.32. The lowest BCUT2D eigenvalue weighted by Gasteiger charge is -2.29. The molecule has 1 heterocycles. The fourth-order valence-corrected chi connectivity index (χ4v) is 3.88. The first kappa shape index (κ1) is 14.6. The summed E-state index contributed by atoms with van der Waals surface area (Å²) in [5.74, 6) is 0.991. The highest BCUT2D eigenvalue weighted by atomic mass is 14.9. The average molecular weight is 284 g/mol. The van der Waals surface area contributed by atoms with E-state index >= 15 is 0 Å². The molecule has 114 valence electrons. The Labute approximate surface area is 128 Å². The highest BCUT2D eigenvalue weighted by Gasteiger charge is 2.20. The van der Waals surface area contributed by atoms with E-state index in [1.54, 1.807) is 0 Å². The molecule has 1 aromatic carbocycles. The van der Waals surface area contributed by atoms with Crippen molar-refractivity contribution in [3.05, 3.63) is 36.0 Å². The number of rotatable bonds is 5. The van der Waals surface area contributed by atoms with Crippen molar-refractivity contribution in [1.29, 1.82) is 0 Å². The Balaban J connectivity index is 1.58. The minimum atomic E-state index is 0.720. The van der Waals surface area contributed by atoms with Crippen molar-refractivity contribution >= 4 is 10.9 Å². The minimum Gasteiger partial charge on any atom is -0.350 e. The van der Waals surface area contributed by atoms with Crippen LogP contribution in [0.25, 0.3) is 10.9 Å². The molecule has 2 heteroatoms. The molecule has 2 nitrogen and oxygen atoms in total. The summed E-state index contributed by atoms with van der Waals surface area (Å²) in [6.07, 6.45) is 10.6. The average Bonchev–Trinajstić information content (AvgIpc) is 2.84. The van der Waals surface area contributed by atoms with Gasteiger partial charge in [-0.15, -0.1) is 0 Å². The van der Waals surface area contributed by atoms with Gasteiger partial charge in [0.15, 0.2) is 0 Å². The zero-order valence-corrected chi connectivity index (χ0v) is 13.4. The Hall–Kier alpha value is -1.28. The predicted octanol–water partition coefficient (Wildman–Crippen LogP) is 4.63. The second kappa shape index (κ2) is 6.65. The van der Waals surface area contributed by atoms with Crippen molar-refractivity contribution in [2.24, 2.45) is 13.0 Å². The number of benzene rings is 1. The second-order valence-corrected chi connectivity index (χ2v) is 6.67. The van der Waals surface area contributed by atoms with Crippen LogP contribution >= 0.6 is 0 Å². The molecular formula is C19H28N2. The van der Waals surface area contributed by atoms with E-state index in [1.807, 2.05) is 0 Å². The van der Waals surface area contributed by atoms with E-state index in [1.165, 1.54) is 55.0 Å². The first-order valence-electron chi connectivity index (χ1n) is 8.54. The third-order valence-electron chi connectivity index (χ3n) is 5.10. The van der Waals surface area contributed by atoms with Crippen LogP contribution in [0.2, 0.25) is 0 Å². The molecule has 1 aliphatic carbocycles. The van der Waals surface area contributed by atoms with Gasteiger partial charge in [-0.25, -0.2) is 0 Å². The van der Waals surface area contributed by atoms with E-state index in [0.717, 1.165) is 18.5 Å². The molecule has 0 radical (unpaired) electrons. The van der Waals surface area contributed by atoms with Gasteiger partial charge < -0.3 is 9.88 Å². The van der Waals surface area contributed by atoms with Gasteiger partial charge in [0.05, 0.1) is 0 Å². The highest BCUT2D eigenvalue weighted by molar-refractivity contribution is 5.83. The van der Waals surface area contributed by atoms with Crippen molar-refractivity contribution < 1.29 is 0 Å². The lowest BCUT2D eigenvalue weighted by Crippen LogP contribution is -2.32. The number of para-hydroxylation sites is 1. The topological polar surface area (TPSA) is 17.0 Å². The van der Waals surface area contributed by atoms with Gasteiger partial charge in [0.1, 0.15) is 0 Å².